The normalized spacial score (nSPS) is 10.2. The molecule has 1 heterocycles. The number of aromatic nitrogens is 1. The first-order chi connectivity index (χ1) is 9.59. The number of unbranched alkanes of at least 4 members (excludes halogenated alkanes) is 3. The van der Waals surface area contributed by atoms with Crippen LogP contribution in [-0.4, -0.2) is 28.5 Å². The van der Waals surface area contributed by atoms with Crippen LogP contribution in [0.4, 0.5) is 0 Å². The van der Waals surface area contributed by atoms with Crippen LogP contribution >= 0.6 is 11.6 Å². The summed E-state index contributed by atoms with van der Waals surface area (Å²) >= 11 is 5.87. The molecule has 0 radical (unpaired) electrons. The second kappa shape index (κ2) is 9.31. The van der Waals surface area contributed by atoms with Gasteiger partial charge >= 0.3 is 5.97 Å². The van der Waals surface area contributed by atoms with Gasteiger partial charge in [0.1, 0.15) is 5.15 Å². The molecule has 0 atom stereocenters. The molecule has 1 aromatic rings. The predicted octanol–water partition coefficient (Wildman–Crippen LogP) is 2.43. The zero-order chi connectivity index (χ0) is 14.8. The summed E-state index contributed by atoms with van der Waals surface area (Å²) in [6.07, 6.45) is 5.36. The lowest BCUT2D eigenvalue weighted by Crippen LogP contribution is -2.26. The topological polar surface area (TPSA) is 79.3 Å². The predicted molar refractivity (Wildman–Crippen MR) is 76.7 cm³/mol. The van der Waals surface area contributed by atoms with Gasteiger partial charge in [-0.2, -0.15) is 0 Å². The molecule has 20 heavy (non-hydrogen) atoms. The van der Waals surface area contributed by atoms with Crippen molar-refractivity contribution in [1.29, 1.82) is 0 Å². The van der Waals surface area contributed by atoms with Gasteiger partial charge in [-0.05, 0) is 24.5 Å². The highest BCUT2D eigenvalue weighted by Gasteiger charge is 2.06. The van der Waals surface area contributed by atoms with Crippen molar-refractivity contribution in [2.45, 2.75) is 38.5 Å². The number of hydrogen-bond acceptors (Lipinski definition) is 3. The molecule has 2 N–H and O–H groups in total. The average molecular weight is 299 g/mol. The zero-order valence-corrected chi connectivity index (χ0v) is 12.0. The molecule has 0 fully saturated rings. The fraction of sp³-hybridized carbons (Fsp3) is 0.500. The van der Waals surface area contributed by atoms with Crippen molar-refractivity contribution < 1.29 is 14.7 Å². The largest absolute Gasteiger partial charge is 0.481 e. The van der Waals surface area contributed by atoms with Gasteiger partial charge in [0.25, 0.3) is 0 Å². The van der Waals surface area contributed by atoms with Crippen molar-refractivity contribution in [2.75, 3.05) is 6.54 Å². The summed E-state index contributed by atoms with van der Waals surface area (Å²) in [7, 11) is 0. The van der Waals surface area contributed by atoms with E-state index in [-0.39, 0.29) is 18.7 Å². The third-order valence-corrected chi connectivity index (χ3v) is 3.17. The van der Waals surface area contributed by atoms with Crippen LogP contribution in [-0.2, 0) is 16.0 Å². The summed E-state index contributed by atoms with van der Waals surface area (Å²) in [5.41, 5.74) is 0.716. The van der Waals surface area contributed by atoms with E-state index in [9.17, 15) is 9.59 Å². The number of carboxylic acids is 1. The standard InChI is InChI=1S/C14H19ClN2O3/c15-14-11(6-5-9-17-14)10-12(18)16-8-4-2-1-3-7-13(19)20/h5-6,9H,1-4,7-8,10H2,(H,16,18)(H,19,20). The van der Waals surface area contributed by atoms with Gasteiger partial charge in [0.15, 0.2) is 0 Å². The number of amides is 1. The van der Waals surface area contributed by atoms with Crippen LogP contribution in [0.5, 0.6) is 0 Å². The van der Waals surface area contributed by atoms with Crippen LogP contribution in [0.3, 0.4) is 0 Å². The molecule has 1 rings (SSSR count). The van der Waals surface area contributed by atoms with Gasteiger partial charge in [0.2, 0.25) is 5.91 Å². The van der Waals surface area contributed by atoms with Crippen molar-refractivity contribution in [3.05, 3.63) is 29.0 Å². The summed E-state index contributed by atoms with van der Waals surface area (Å²) in [5.74, 6) is -0.836. The molecule has 1 aromatic heterocycles. The zero-order valence-electron chi connectivity index (χ0n) is 11.3. The lowest BCUT2D eigenvalue weighted by molar-refractivity contribution is -0.137. The van der Waals surface area contributed by atoms with E-state index < -0.39 is 5.97 Å². The van der Waals surface area contributed by atoms with E-state index in [2.05, 4.69) is 10.3 Å². The molecular formula is C14H19ClN2O3. The first kappa shape index (κ1) is 16.4. The molecule has 6 heteroatoms. The lowest BCUT2D eigenvalue weighted by atomic mass is 10.1. The Hall–Kier alpha value is -1.62. The van der Waals surface area contributed by atoms with E-state index in [0.29, 0.717) is 23.7 Å². The van der Waals surface area contributed by atoms with Crippen LogP contribution in [0, 0.1) is 0 Å². The number of aliphatic carboxylic acids is 1. The summed E-state index contributed by atoms with van der Waals surface area (Å²) in [6.45, 7) is 0.601. The number of hydrogen-bond donors (Lipinski definition) is 2. The number of carbonyl (C=O) groups is 2. The first-order valence-electron chi connectivity index (χ1n) is 6.67. The van der Waals surface area contributed by atoms with E-state index >= 15 is 0 Å². The molecule has 110 valence electrons. The highest BCUT2D eigenvalue weighted by Crippen LogP contribution is 2.11. The number of nitrogens with one attached hydrogen (secondary N) is 1. The fourth-order valence-corrected chi connectivity index (χ4v) is 1.96. The highest BCUT2D eigenvalue weighted by atomic mass is 35.5. The fourth-order valence-electron chi connectivity index (χ4n) is 1.77. The molecule has 0 saturated carbocycles. The molecule has 0 unspecified atom stereocenters. The molecule has 0 aliphatic carbocycles. The van der Waals surface area contributed by atoms with E-state index in [1.54, 1.807) is 18.3 Å². The van der Waals surface area contributed by atoms with E-state index in [0.717, 1.165) is 19.3 Å². The van der Waals surface area contributed by atoms with Crippen LogP contribution in [0.1, 0.15) is 37.7 Å². The van der Waals surface area contributed by atoms with E-state index in [4.69, 9.17) is 16.7 Å². The van der Waals surface area contributed by atoms with Crippen molar-refractivity contribution in [2.24, 2.45) is 0 Å². The molecule has 5 nitrogen and oxygen atoms in total. The smallest absolute Gasteiger partial charge is 0.303 e. The van der Waals surface area contributed by atoms with Crippen molar-refractivity contribution in [3.8, 4) is 0 Å². The van der Waals surface area contributed by atoms with Gasteiger partial charge in [-0.15, -0.1) is 0 Å². The Morgan fingerprint density at radius 1 is 1.25 bits per heavy atom. The Kier molecular flexibility index (Phi) is 7.65. The summed E-state index contributed by atoms with van der Waals surface area (Å²) in [4.78, 5) is 25.9. The second-order valence-electron chi connectivity index (χ2n) is 4.54. The van der Waals surface area contributed by atoms with Gasteiger partial charge in [-0.25, -0.2) is 4.98 Å². The molecule has 1 amide bonds. The molecular weight excluding hydrogens is 280 g/mol. The maximum absolute atomic E-state index is 11.7. The number of rotatable bonds is 9. The van der Waals surface area contributed by atoms with Crippen LogP contribution in [0.15, 0.2) is 18.3 Å². The molecule has 0 aliphatic rings. The highest BCUT2D eigenvalue weighted by molar-refractivity contribution is 6.30. The number of carboxylic acid groups (broad SMARTS) is 1. The maximum Gasteiger partial charge on any atom is 0.303 e. The second-order valence-corrected chi connectivity index (χ2v) is 4.90. The Morgan fingerprint density at radius 2 is 2.00 bits per heavy atom. The minimum atomic E-state index is -0.758. The molecule has 0 spiro atoms. The van der Waals surface area contributed by atoms with Crippen LogP contribution in [0.25, 0.3) is 0 Å². The maximum atomic E-state index is 11.7. The summed E-state index contributed by atoms with van der Waals surface area (Å²) in [5, 5.41) is 11.7. The minimum absolute atomic E-state index is 0.0783. The monoisotopic (exact) mass is 298 g/mol. The van der Waals surface area contributed by atoms with Gasteiger partial charge in [0, 0.05) is 19.2 Å². The molecule has 0 aromatic carbocycles. The molecule has 0 saturated heterocycles. The third-order valence-electron chi connectivity index (χ3n) is 2.83. The van der Waals surface area contributed by atoms with E-state index in [1.807, 2.05) is 0 Å². The minimum Gasteiger partial charge on any atom is -0.481 e. The average Bonchev–Trinajstić information content (AvgIpc) is 2.40. The molecule has 0 bridgehead atoms. The Labute approximate surface area is 123 Å². The van der Waals surface area contributed by atoms with Gasteiger partial charge in [-0.3, -0.25) is 9.59 Å². The Morgan fingerprint density at radius 3 is 2.70 bits per heavy atom. The SMILES string of the molecule is O=C(O)CCCCCCNC(=O)Cc1cccnc1Cl. The van der Waals surface area contributed by atoms with Crippen molar-refractivity contribution in [1.82, 2.24) is 10.3 Å². The van der Waals surface area contributed by atoms with Gasteiger partial charge in [-0.1, -0.05) is 30.5 Å². The number of halogens is 1. The Bertz CT molecular complexity index is 452. The van der Waals surface area contributed by atoms with Crippen molar-refractivity contribution in [3.63, 3.8) is 0 Å². The number of carbonyl (C=O) groups excluding carboxylic acids is 1. The van der Waals surface area contributed by atoms with Crippen LogP contribution in [0.2, 0.25) is 5.15 Å². The third kappa shape index (κ3) is 7.09. The summed E-state index contributed by atoms with van der Waals surface area (Å²) < 4.78 is 0. The van der Waals surface area contributed by atoms with Gasteiger partial charge in [0.05, 0.1) is 6.42 Å². The Balaban J connectivity index is 2.09. The number of nitrogens with zero attached hydrogens (tertiary/aromatic N) is 1. The van der Waals surface area contributed by atoms with Crippen LogP contribution < -0.4 is 5.32 Å². The first-order valence-corrected chi connectivity index (χ1v) is 7.05. The molecule has 0 aliphatic heterocycles. The van der Waals surface area contributed by atoms with Gasteiger partial charge < -0.3 is 10.4 Å². The van der Waals surface area contributed by atoms with Crippen molar-refractivity contribution >= 4 is 23.5 Å². The lowest BCUT2D eigenvalue weighted by Gasteiger charge is -2.06. The number of pyridine rings is 1. The quantitative estimate of drug-likeness (QED) is 0.542. The summed E-state index contributed by atoms with van der Waals surface area (Å²) in [6, 6.07) is 3.53. The van der Waals surface area contributed by atoms with E-state index in [1.165, 1.54) is 0 Å².